The smallest absolute Gasteiger partial charge is 0.357 e. The molecule has 0 aliphatic heterocycles. The largest absolute Gasteiger partial charge is 0.464 e. The molecule has 3 aromatic rings. The summed E-state index contributed by atoms with van der Waals surface area (Å²) in [5, 5.41) is 13.2. The van der Waals surface area contributed by atoms with Gasteiger partial charge in [0.05, 0.1) is 29.7 Å². The summed E-state index contributed by atoms with van der Waals surface area (Å²) in [4.78, 5) is 12.2. The van der Waals surface area contributed by atoms with Gasteiger partial charge in [-0.25, -0.2) is 4.79 Å². The van der Waals surface area contributed by atoms with Crippen LogP contribution in [0.2, 0.25) is 5.02 Å². The Morgan fingerprint density at radius 2 is 1.92 bits per heavy atom. The molecule has 0 spiro atoms. The van der Waals surface area contributed by atoms with Gasteiger partial charge in [-0.2, -0.15) is 5.26 Å². The lowest BCUT2D eigenvalue weighted by Gasteiger charge is -2.15. The zero-order chi connectivity index (χ0) is 18.7. The van der Waals surface area contributed by atoms with Crippen LogP contribution in [0.5, 0.6) is 0 Å². The van der Waals surface area contributed by atoms with Crippen molar-refractivity contribution in [2.45, 2.75) is 0 Å². The molecule has 1 heterocycles. The van der Waals surface area contributed by atoms with Crippen LogP contribution in [0.4, 0.5) is 17.1 Å². The number of nitrogens with two attached hydrogens (primary N) is 1. The summed E-state index contributed by atoms with van der Waals surface area (Å²) in [6, 6.07) is 16.6. The van der Waals surface area contributed by atoms with E-state index in [9.17, 15) is 10.1 Å². The number of methoxy groups -OCH3 is 1. The maximum absolute atomic E-state index is 12.2. The van der Waals surface area contributed by atoms with Gasteiger partial charge in [0.15, 0.2) is 5.69 Å². The van der Waals surface area contributed by atoms with Gasteiger partial charge in [-0.15, -0.1) is 0 Å². The summed E-state index contributed by atoms with van der Waals surface area (Å²) in [7, 11) is 1.27. The van der Waals surface area contributed by atoms with Crippen LogP contribution in [-0.2, 0) is 4.74 Å². The van der Waals surface area contributed by atoms with Gasteiger partial charge in [0.1, 0.15) is 6.07 Å². The van der Waals surface area contributed by atoms with E-state index in [1.54, 1.807) is 16.7 Å². The van der Waals surface area contributed by atoms with Crippen molar-refractivity contribution in [3.05, 3.63) is 71.0 Å². The number of ether oxygens (including phenoxy) is 1. The first-order chi connectivity index (χ1) is 12.5. The van der Waals surface area contributed by atoms with Crippen LogP contribution < -0.4 is 11.1 Å². The average molecular weight is 367 g/mol. The van der Waals surface area contributed by atoms with Crippen molar-refractivity contribution >= 4 is 34.6 Å². The molecule has 0 atom stereocenters. The molecular weight excluding hydrogens is 352 g/mol. The number of hydrogen-bond donors (Lipinski definition) is 2. The fourth-order valence-corrected chi connectivity index (χ4v) is 2.71. The number of anilines is 3. The number of nitrogens with zero attached hydrogens (tertiary/aromatic N) is 2. The Labute approximate surface area is 155 Å². The normalized spacial score (nSPS) is 10.2. The lowest BCUT2D eigenvalue weighted by atomic mass is 10.2. The molecule has 0 aliphatic rings. The van der Waals surface area contributed by atoms with E-state index < -0.39 is 5.97 Å². The molecule has 6 nitrogen and oxygen atoms in total. The number of halogens is 1. The van der Waals surface area contributed by atoms with E-state index in [0.29, 0.717) is 10.7 Å². The molecule has 26 heavy (non-hydrogen) atoms. The molecular formula is C19H15ClN4O2. The summed E-state index contributed by atoms with van der Waals surface area (Å²) in [6.45, 7) is 0. The third-order valence-corrected chi connectivity index (χ3v) is 4.08. The molecule has 0 aliphatic carbocycles. The quantitative estimate of drug-likeness (QED) is 0.677. The van der Waals surface area contributed by atoms with Gasteiger partial charge in [-0.1, -0.05) is 23.7 Å². The minimum atomic E-state index is -0.620. The van der Waals surface area contributed by atoms with Gasteiger partial charge in [-0.3, -0.25) is 0 Å². The highest BCUT2D eigenvalue weighted by molar-refractivity contribution is 6.30. The first kappa shape index (κ1) is 17.4. The predicted molar refractivity (Wildman–Crippen MR) is 101 cm³/mol. The lowest BCUT2D eigenvalue weighted by molar-refractivity contribution is 0.0593. The molecule has 3 N–H and O–H groups in total. The SMILES string of the molecule is COC(=O)c1c(N)c(C#N)cn1-c1ccccc1Nc1ccc(Cl)cc1. The molecule has 3 rings (SSSR count). The Balaban J connectivity index is 2.12. The van der Waals surface area contributed by atoms with Gasteiger partial charge in [0.25, 0.3) is 0 Å². The fourth-order valence-electron chi connectivity index (χ4n) is 2.58. The van der Waals surface area contributed by atoms with Crippen molar-refractivity contribution in [2.24, 2.45) is 0 Å². The van der Waals surface area contributed by atoms with Crippen LogP contribution in [0.15, 0.2) is 54.7 Å². The number of rotatable bonds is 4. The second-order valence-electron chi connectivity index (χ2n) is 5.43. The van der Waals surface area contributed by atoms with Crippen LogP contribution in [0.25, 0.3) is 5.69 Å². The van der Waals surface area contributed by atoms with Gasteiger partial charge in [-0.05, 0) is 36.4 Å². The maximum atomic E-state index is 12.2. The van der Waals surface area contributed by atoms with Crippen molar-refractivity contribution in [3.63, 3.8) is 0 Å². The second kappa shape index (κ2) is 7.21. The summed E-state index contributed by atoms with van der Waals surface area (Å²) >= 11 is 5.92. The van der Waals surface area contributed by atoms with Gasteiger partial charge in [0.2, 0.25) is 0 Å². The first-order valence-electron chi connectivity index (χ1n) is 7.66. The van der Waals surface area contributed by atoms with Crippen LogP contribution in [0.1, 0.15) is 16.1 Å². The van der Waals surface area contributed by atoms with Crippen molar-refractivity contribution in [1.82, 2.24) is 4.57 Å². The lowest BCUT2D eigenvalue weighted by Crippen LogP contribution is -2.12. The number of carbonyl (C=O) groups excluding carboxylic acids is 1. The summed E-state index contributed by atoms with van der Waals surface area (Å²) < 4.78 is 6.38. The average Bonchev–Trinajstić information content (AvgIpc) is 2.99. The molecule has 0 bridgehead atoms. The number of esters is 1. The zero-order valence-electron chi connectivity index (χ0n) is 13.9. The molecule has 0 fully saturated rings. The van der Waals surface area contributed by atoms with Crippen molar-refractivity contribution < 1.29 is 9.53 Å². The molecule has 1 aromatic heterocycles. The molecule has 0 amide bonds. The molecule has 7 heteroatoms. The van der Waals surface area contributed by atoms with Gasteiger partial charge >= 0.3 is 5.97 Å². The van der Waals surface area contributed by atoms with E-state index >= 15 is 0 Å². The minimum Gasteiger partial charge on any atom is -0.464 e. The number of carbonyl (C=O) groups is 1. The van der Waals surface area contributed by atoms with Crippen molar-refractivity contribution in [3.8, 4) is 11.8 Å². The van der Waals surface area contributed by atoms with E-state index in [2.05, 4.69) is 5.32 Å². The number of nitrogens with one attached hydrogen (secondary N) is 1. The van der Waals surface area contributed by atoms with Crippen molar-refractivity contribution in [1.29, 1.82) is 5.26 Å². The number of aromatic nitrogens is 1. The monoisotopic (exact) mass is 366 g/mol. The van der Waals surface area contributed by atoms with Crippen molar-refractivity contribution in [2.75, 3.05) is 18.2 Å². The zero-order valence-corrected chi connectivity index (χ0v) is 14.6. The highest BCUT2D eigenvalue weighted by atomic mass is 35.5. The maximum Gasteiger partial charge on any atom is 0.357 e. The third-order valence-electron chi connectivity index (χ3n) is 3.83. The Kier molecular flexibility index (Phi) is 4.83. The molecule has 130 valence electrons. The van der Waals surface area contributed by atoms with E-state index in [1.165, 1.54) is 13.3 Å². The van der Waals surface area contributed by atoms with Crippen LogP contribution in [-0.4, -0.2) is 17.6 Å². The molecule has 0 unspecified atom stereocenters. The Morgan fingerprint density at radius 1 is 1.23 bits per heavy atom. The van der Waals surface area contributed by atoms with E-state index in [-0.39, 0.29) is 16.9 Å². The topological polar surface area (TPSA) is 93.1 Å². The minimum absolute atomic E-state index is 0.0839. The highest BCUT2D eigenvalue weighted by Crippen LogP contribution is 2.30. The molecule has 0 saturated heterocycles. The first-order valence-corrected chi connectivity index (χ1v) is 8.04. The van der Waals surface area contributed by atoms with Gasteiger partial charge in [0, 0.05) is 16.9 Å². The third kappa shape index (κ3) is 3.21. The summed E-state index contributed by atoms with van der Waals surface area (Å²) in [6.07, 6.45) is 1.52. The van der Waals surface area contributed by atoms with Crippen LogP contribution >= 0.6 is 11.6 Å². The van der Waals surface area contributed by atoms with E-state index in [4.69, 9.17) is 22.1 Å². The predicted octanol–water partition coefficient (Wildman–Crippen LogP) is 4.11. The number of nitrogen functional groups attached to an aromatic ring is 1. The summed E-state index contributed by atoms with van der Waals surface area (Å²) in [5.74, 6) is -0.620. The van der Waals surface area contributed by atoms with Gasteiger partial charge < -0.3 is 20.4 Å². The molecule has 2 aromatic carbocycles. The highest BCUT2D eigenvalue weighted by Gasteiger charge is 2.22. The fraction of sp³-hybridized carbons (Fsp3) is 0.0526. The number of nitriles is 1. The number of hydrogen-bond acceptors (Lipinski definition) is 5. The second-order valence-corrected chi connectivity index (χ2v) is 5.86. The van der Waals surface area contributed by atoms with E-state index in [1.807, 2.05) is 42.5 Å². The number of para-hydroxylation sites is 2. The standard InChI is InChI=1S/C19H15ClN4O2/c1-26-19(25)18-17(22)12(10-21)11-24(18)16-5-3-2-4-15(16)23-14-8-6-13(20)7-9-14/h2-9,11,23H,22H2,1H3. The van der Waals surface area contributed by atoms with Crippen LogP contribution in [0.3, 0.4) is 0 Å². The Hall–Kier alpha value is -3.43. The Morgan fingerprint density at radius 3 is 2.58 bits per heavy atom. The summed E-state index contributed by atoms with van der Waals surface area (Å²) in [5.41, 5.74) is 8.55. The Bertz CT molecular complexity index is 1000. The van der Waals surface area contributed by atoms with Crippen LogP contribution in [0, 0.1) is 11.3 Å². The van der Waals surface area contributed by atoms with E-state index in [0.717, 1.165) is 11.4 Å². The molecule has 0 saturated carbocycles. The molecule has 0 radical (unpaired) electrons. The number of benzene rings is 2.